The molecule has 0 N–H and O–H groups in total. The minimum absolute atomic E-state index is 0.158. The third-order valence-electron chi connectivity index (χ3n) is 4.23. The maximum Gasteiger partial charge on any atom is 0.306 e. The van der Waals surface area contributed by atoms with Crippen LogP contribution in [0.25, 0.3) is 0 Å². The van der Waals surface area contributed by atoms with Gasteiger partial charge in [0.1, 0.15) is 0 Å². The number of carbonyl (C=O) groups is 1. The molecule has 0 aromatic heterocycles. The Morgan fingerprint density at radius 2 is 1.95 bits per heavy atom. The van der Waals surface area contributed by atoms with E-state index in [2.05, 4.69) is 50.9 Å². The van der Waals surface area contributed by atoms with Crippen LogP contribution in [0.4, 0.5) is 0 Å². The second-order valence-corrected chi connectivity index (χ2v) is 10.5. The predicted octanol–water partition coefficient (Wildman–Crippen LogP) is 3.36. The first-order valence-corrected chi connectivity index (χ1v) is 9.76. The second kappa shape index (κ2) is 6.71. The van der Waals surface area contributed by atoms with E-state index in [9.17, 15) is 4.79 Å². The molecule has 0 aliphatic rings. The molecular weight excluding hydrogens is 252 g/mol. The number of benzene rings is 1. The SMILES string of the molecule is C=C[C@@H](CC(=O)OC)[C@H](C)[Si](C)(C)c1ccccc1. The topological polar surface area (TPSA) is 26.3 Å². The first-order valence-electron chi connectivity index (χ1n) is 6.68. The number of hydrogen-bond acceptors (Lipinski definition) is 2. The van der Waals surface area contributed by atoms with Gasteiger partial charge in [-0.25, -0.2) is 0 Å². The molecule has 0 aliphatic heterocycles. The Hall–Kier alpha value is -1.35. The molecule has 3 heteroatoms. The van der Waals surface area contributed by atoms with Crippen LogP contribution in [0.2, 0.25) is 18.6 Å². The zero-order valence-electron chi connectivity index (χ0n) is 12.3. The largest absolute Gasteiger partial charge is 0.469 e. The predicted molar refractivity (Wildman–Crippen MR) is 83.3 cm³/mol. The van der Waals surface area contributed by atoms with Crippen LogP contribution in [0.1, 0.15) is 13.3 Å². The van der Waals surface area contributed by atoms with Gasteiger partial charge in [-0.1, -0.05) is 61.6 Å². The Morgan fingerprint density at radius 1 is 1.37 bits per heavy atom. The summed E-state index contributed by atoms with van der Waals surface area (Å²) in [5.74, 6) is 0.0175. The van der Waals surface area contributed by atoms with Gasteiger partial charge in [0.05, 0.1) is 21.6 Å². The average Bonchev–Trinajstić information content (AvgIpc) is 2.44. The molecule has 0 amide bonds. The Kier molecular flexibility index (Phi) is 5.55. The van der Waals surface area contributed by atoms with E-state index in [1.54, 1.807) is 0 Å². The number of ether oxygens (including phenoxy) is 1. The van der Waals surface area contributed by atoms with E-state index in [0.29, 0.717) is 12.0 Å². The quantitative estimate of drug-likeness (QED) is 0.452. The van der Waals surface area contributed by atoms with Crippen LogP contribution in [0.3, 0.4) is 0 Å². The van der Waals surface area contributed by atoms with Crippen molar-refractivity contribution in [3.8, 4) is 0 Å². The minimum Gasteiger partial charge on any atom is -0.469 e. The Bertz CT molecular complexity index is 426. The van der Waals surface area contributed by atoms with Gasteiger partial charge in [0.2, 0.25) is 0 Å². The fourth-order valence-corrected chi connectivity index (χ4v) is 5.31. The maximum atomic E-state index is 11.5. The van der Waals surface area contributed by atoms with Gasteiger partial charge in [0.15, 0.2) is 0 Å². The minimum atomic E-state index is -1.63. The number of esters is 1. The molecule has 1 aromatic carbocycles. The van der Waals surface area contributed by atoms with Crippen molar-refractivity contribution < 1.29 is 9.53 Å². The Balaban J connectivity index is 2.92. The van der Waals surface area contributed by atoms with Crippen molar-refractivity contribution in [1.29, 1.82) is 0 Å². The van der Waals surface area contributed by atoms with E-state index < -0.39 is 8.07 Å². The highest BCUT2D eigenvalue weighted by molar-refractivity contribution is 6.91. The van der Waals surface area contributed by atoms with Gasteiger partial charge in [-0.3, -0.25) is 4.79 Å². The number of rotatable bonds is 6. The zero-order chi connectivity index (χ0) is 14.5. The highest BCUT2D eigenvalue weighted by Gasteiger charge is 2.35. The highest BCUT2D eigenvalue weighted by Crippen LogP contribution is 2.32. The van der Waals surface area contributed by atoms with E-state index in [4.69, 9.17) is 4.74 Å². The van der Waals surface area contributed by atoms with Crippen molar-refractivity contribution in [1.82, 2.24) is 0 Å². The van der Waals surface area contributed by atoms with Crippen LogP contribution in [-0.2, 0) is 9.53 Å². The molecule has 1 aromatic rings. The summed E-state index contributed by atoms with van der Waals surface area (Å²) in [7, 11) is -0.188. The van der Waals surface area contributed by atoms with Crippen molar-refractivity contribution in [2.24, 2.45) is 5.92 Å². The van der Waals surface area contributed by atoms with Crippen LogP contribution in [0.15, 0.2) is 43.0 Å². The first kappa shape index (κ1) is 15.7. The van der Waals surface area contributed by atoms with Gasteiger partial charge in [0.25, 0.3) is 0 Å². The Morgan fingerprint density at radius 3 is 2.42 bits per heavy atom. The summed E-state index contributed by atoms with van der Waals surface area (Å²) >= 11 is 0. The molecule has 2 nitrogen and oxygen atoms in total. The molecule has 0 fully saturated rings. The van der Waals surface area contributed by atoms with Crippen molar-refractivity contribution in [2.45, 2.75) is 32.0 Å². The summed E-state index contributed by atoms with van der Waals surface area (Å²) in [4.78, 5) is 11.5. The van der Waals surface area contributed by atoms with Gasteiger partial charge in [-0.2, -0.15) is 0 Å². The first-order chi connectivity index (χ1) is 8.93. The molecule has 0 spiro atoms. The normalized spacial score (nSPS) is 14.5. The van der Waals surface area contributed by atoms with Gasteiger partial charge < -0.3 is 4.74 Å². The summed E-state index contributed by atoms with van der Waals surface area (Å²) in [6.07, 6.45) is 2.32. The van der Waals surface area contributed by atoms with E-state index in [1.165, 1.54) is 12.3 Å². The molecule has 2 atom stereocenters. The number of allylic oxidation sites excluding steroid dienone is 1. The lowest BCUT2D eigenvalue weighted by Crippen LogP contribution is -2.47. The number of hydrogen-bond donors (Lipinski definition) is 0. The van der Waals surface area contributed by atoms with Gasteiger partial charge in [-0.05, 0) is 11.5 Å². The van der Waals surface area contributed by atoms with Crippen molar-refractivity contribution in [3.05, 3.63) is 43.0 Å². The van der Waals surface area contributed by atoms with Crippen LogP contribution < -0.4 is 5.19 Å². The summed E-state index contributed by atoms with van der Waals surface area (Å²) in [6, 6.07) is 10.6. The van der Waals surface area contributed by atoms with Gasteiger partial charge in [0, 0.05) is 0 Å². The van der Waals surface area contributed by atoms with Crippen LogP contribution in [0, 0.1) is 5.92 Å². The third kappa shape index (κ3) is 3.80. The summed E-state index contributed by atoms with van der Waals surface area (Å²) < 4.78 is 4.78. The summed E-state index contributed by atoms with van der Waals surface area (Å²) in [5.41, 5.74) is 0.437. The van der Waals surface area contributed by atoms with E-state index in [-0.39, 0.29) is 11.9 Å². The smallest absolute Gasteiger partial charge is 0.306 e. The average molecular weight is 276 g/mol. The summed E-state index contributed by atoms with van der Waals surface area (Å²) in [5, 5.41) is 1.42. The lowest BCUT2D eigenvalue weighted by atomic mass is 10.0. The van der Waals surface area contributed by atoms with Crippen molar-refractivity contribution >= 4 is 19.2 Å². The molecule has 0 unspecified atom stereocenters. The second-order valence-electron chi connectivity index (χ2n) is 5.56. The standard InChI is InChI=1S/C16H24O2Si/c1-6-14(12-16(17)18-3)13(2)19(4,5)15-10-8-7-9-11-15/h6-11,13-14H,1,12H2,2-5H3/t13-,14-/m0/s1. The van der Waals surface area contributed by atoms with E-state index in [1.807, 2.05) is 12.1 Å². The molecule has 1 rings (SSSR count). The fraction of sp³-hybridized carbons (Fsp3) is 0.438. The van der Waals surface area contributed by atoms with E-state index in [0.717, 1.165) is 0 Å². The lowest BCUT2D eigenvalue weighted by Gasteiger charge is -2.34. The molecule has 0 saturated heterocycles. The van der Waals surface area contributed by atoms with Crippen LogP contribution in [-0.4, -0.2) is 21.2 Å². The number of carbonyl (C=O) groups excluding carboxylic acids is 1. The molecule has 104 valence electrons. The zero-order valence-corrected chi connectivity index (χ0v) is 13.3. The summed E-state index contributed by atoms with van der Waals surface area (Å²) in [6.45, 7) is 10.8. The van der Waals surface area contributed by atoms with Crippen molar-refractivity contribution in [3.63, 3.8) is 0 Å². The maximum absolute atomic E-state index is 11.5. The molecule has 0 heterocycles. The molecule has 0 aliphatic carbocycles. The fourth-order valence-electron chi connectivity index (χ4n) is 2.41. The highest BCUT2D eigenvalue weighted by atomic mass is 28.3. The van der Waals surface area contributed by atoms with Gasteiger partial charge in [-0.15, -0.1) is 6.58 Å². The molecule has 0 saturated carbocycles. The number of methoxy groups -OCH3 is 1. The van der Waals surface area contributed by atoms with Crippen molar-refractivity contribution in [2.75, 3.05) is 7.11 Å². The third-order valence-corrected chi connectivity index (χ3v) is 8.76. The Labute approximate surface area is 117 Å². The van der Waals surface area contributed by atoms with Gasteiger partial charge >= 0.3 is 5.97 Å². The molecule has 0 bridgehead atoms. The van der Waals surface area contributed by atoms with Crippen LogP contribution in [0.5, 0.6) is 0 Å². The molecule has 19 heavy (non-hydrogen) atoms. The molecule has 0 radical (unpaired) electrons. The monoisotopic (exact) mass is 276 g/mol. The molecular formula is C16H24O2Si. The lowest BCUT2D eigenvalue weighted by molar-refractivity contribution is -0.141. The van der Waals surface area contributed by atoms with E-state index >= 15 is 0 Å². The van der Waals surface area contributed by atoms with Crippen LogP contribution >= 0.6 is 0 Å².